The van der Waals surface area contributed by atoms with Crippen LogP contribution in [0, 0.1) is 17.8 Å². The molecule has 0 spiro atoms. The number of aromatic amines is 1. The fourth-order valence-corrected chi connectivity index (χ4v) is 7.15. The normalized spacial score (nSPS) is 25.6. The highest BCUT2D eigenvalue weighted by Gasteiger charge is 2.40. The molecule has 16 nitrogen and oxygen atoms in total. The number of carbonyl (C=O) groups excluding carboxylic acids is 7. The first-order valence-electron chi connectivity index (χ1n) is 19.3. The number of carbonyl (C=O) groups is 7. The highest BCUT2D eigenvalue weighted by Crippen LogP contribution is 2.22. The van der Waals surface area contributed by atoms with Crippen LogP contribution in [-0.4, -0.2) is 112 Å². The molecule has 0 saturated carbocycles. The van der Waals surface area contributed by atoms with Crippen LogP contribution in [-0.2, 0) is 40.0 Å². The maximum absolute atomic E-state index is 13.9. The third-order valence-electron chi connectivity index (χ3n) is 9.83. The fraction of sp³-hybridized carbons (Fsp3) is 0.615. The van der Waals surface area contributed by atoms with Crippen LogP contribution < -0.4 is 31.9 Å². The van der Waals surface area contributed by atoms with Gasteiger partial charge in [0.2, 0.25) is 41.4 Å². The third-order valence-corrected chi connectivity index (χ3v) is 9.83. The van der Waals surface area contributed by atoms with Gasteiger partial charge in [-0.3, -0.25) is 33.6 Å². The first kappa shape index (κ1) is 42.7. The lowest BCUT2D eigenvalue weighted by molar-refractivity contribution is -0.143. The lowest BCUT2D eigenvalue weighted by Gasteiger charge is -2.30. The molecule has 4 rings (SSSR count). The Bertz CT molecular complexity index is 1710. The van der Waals surface area contributed by atoms with Crippen LogP contribution in [0.15, 0.2) is 30.5 Å². The number of amides is 7. The van der Waals surface area contributed by atoms with E-state index in [1.54, 1.807) is 6.20 Å². The summed E-state index contributed by atoms with van der Waals surface area (Å²) in [7, 11) is 0. The molecule has 2 aliphatic rings. The van der Waals surface area contributed by atoms with Crippen molar-refractivity contribution in [3.05, 3.63) is 36.0 Å². The number of benzene rings is 1. The Balaban J connectivity index is 1.71. The molecule has 1 aromatic carbocycles. The van der Waals surface area contributed by atoms with Crippen LogP contribution in [0.2, 0.25) is 0 Å². The number of hydrogen-bond donors (Lipinski definition) is 8. The molecule has 6 unspecified atom stereocenters. The molecule has 6 atom stereocenters. The van der Waals surface area contributed by atoms with E-state index in [2.05, 4.69) is 36.9 Å². The topological polar surface area (TPSA) is 231 Å². The lowest BCUT2D eigenvalue weighted by atomic mass is 9.98. The summed E-state index contributed by atoms with van der Waals surface area (Å²) in [6.07, 6.45) is 3.16. The van der Waals surface area contributed by atoms with Gasteiger partial charge in [0, 0.05) is 30.1 Å². The Hall–Kier alpha value is -4.99. The number of fused-ring (bicyclic) bond motifs is 2. The van der Waals surface area contributed by atoms with Gasteiger partial charge in [-0.05, 0) is 61.5 Å². The predicted octanol–water partition coefficient (Wildman–Crippen LogP) is 0.386. The van der Waals surface area contributed by atoms with Crippen molar-refractivity contribution in [3.63, 3.8) is 0 Å². The summed E-state index contributed by atoms with van der Waals surface area (Å²) in [4.78, 5) is 101. The molecule has 3 heterocycles. The Morgan fingerprint density at radius 2 is 1.20 bits per heavy atom. The van der Waals surface area contributed by atoms with Gasteiger partial charge >= 0.3 is 0 Å². The molecule has 2 saturated heterocycles. The molecular weight excluding hydrogens is 708 g/mol. The van der Waals surface area contributed by atoms with Crippen LogP contribution in [0.25, 0.3) is 10.9 Å². The molecule has 7 amide bonds. The summed E-state index contributed by atoms with van der Waals surface area (Å²) in [6.45, 7) is 10.1. The van der Waals surface area contributed by atoms with E-state index in [0.717, 1.165) is 16.5 Å². The smallest absolute Gasteiger partial charge is 0.248 e. The fourth-order valence-electron chi connectivity index (χ4n) is 7.15. The maximum Gasteiger partial charge on any atom is 0.248 e. The first-order chi connectivity index (χ1) is 26.1. The van der Waals surface area contributed by atoms with Crippen LogP contribution in [0.1, 0.15) is 79.2 Å². The zero-order chi connectivity index (χ0) is 40.4. The second-order valence-corrected chi connectivity index (χ2v) is 15.9. The van der Waals surface area contributed by atoms with E-state index < -0.39 is 90.8 Å². The van der Waals surface area contributed by atoms with E-state index in [0.29, 0.717) is 6.42 Å². The zero-order valence-electron chi connectivity index (χ0n) is 32.7. The summed E-state index contributed by atoms with van der Waals surface area (Å²) in [6, 6.07) is 0.621. The summed E-state index contributed by atoms with van der Waals surface area (Å²) in [5.74, 6) is -4.72. The van der Waals surface area contributed by atoms with Gasteiger partial charge in [0.15, 0.2) is 0 Å². The summed E-state index contributed by atoms with van der Waals surface area (Å²) in [5, 5.41) is 27.4. The predicted molar refractivity (Wildman–Crippen MR) is 205 cm³/mol. The van der Waals surface area contributed by atoms with Crippen molar-refractivity contribution < 1.29 is 38.7 Å². The second-order valence-electron chi connectivity index (χ2n) is 15.9. The minimum absolute atomic E-state index is 0.0373. The van der Waals surface area contributed by atoms with E-state index in [1.807, 2.05) is 65.8 Å². The van der Waals surface area contributed by atoms with Gasteiger partial charge in [0.25, 0.3) is 0 Å². The van der Waals surface area contributed by atoms with Crippen molar-refractivity contribution in [2.45, 2.75) is 116 Å². The lowest BCUT2D eigenvalue weighted by Crippen LogP contribution is -2.60. The standard InChI is InChI=1S/C39H58N8O8/c1-21(2)14-27-35(51)43-28(15-22(3)4)36(52)44-29(16-23(5)6)37(53)46-31(20-48)39(55)47-13-9-12-32(47)38(54)45-30(34(50)41-19-33(49)42-27)17-24-18-40-26-11-8-7-10-25(24)26/h7-8,10-11,18,21-23,27-32,40,48H,9,12-17,19-20H2,1-6H3,(H,41,50)(H,42,49)(H,43,51)(H,44,52)(H,45,54)(H,46,53). The molecule has 8 N–H and O–H groups in total. The second kappa shape index (κ2) is 19.6. The quantitative estimate of drug-likeness (QED) is 0.178. The Kier molecular flexibility index (Phi) is 15.2. The SMILES string of the molecule is CC(C)CC1NC(=O)CNC(=O)C(Cc2c[nH]c3ccccc23)NC(=O)C2CCCN2C(=O)C(CO)NC(=O)C(CC(C)C)NC(=O)C(CC(C)C)NC1=O. The third kappa shape index (κ3) is 11.7. The molecule has 0 radical (unpaired) electrons. The number of nitrogens with zero attached hydrogens (tertiary/aromatic N) is 1. The Labute approximate surface area is 322 Å². The minimum atomic E-state index is -1.42. The molecule has 0 bridgehead atoms. The Morgan fingerprint density at radius 3 is 1.76 bits per heavy atom. The highest BCUT2D eigenvalue weighted by molar-refractivity contribution is 5.98. The van der Waals surface area contributed by atoms with Crippen molar-refractivity contribution in [1.29, 1.82) is 0 Å². The minimum Gasteiger partial charge on any atom is -0.394 e. The van der Waals surface area contributed by atoms with Crippen molar-refractivity contribution in [2.24, 2.45) is 17.8 Å². The van der Waals surface area contributed by atoms with Crippen molar-refractivity contribution in [1.82, 2.24) is 41.8 Å². The van der Waals surface area contributed by atoms with Crippen molar-refractivity contribution >= 4 is 52.3 Å². The molecule has 2 fully saturated rings. The number of H-pyrrole nitrogens is 1. The maximum atomic E-state index is 13.9. The number of aliphatic hydroxyl groups is 1. The van der Waals surface area contributed by atoms with Crippen molar-refractivity contribution in [3.8, 4) is 0 Å². The number of aliphatic hydroxyl groups excluding tert-OH is 1. The van der Waals surface area contributed by atoms with Gasteiger partial charge in [-0.15, -0.1) is 0 Å². The summed E-state index contributed by atoms with van der Waals surface area (Å²) < 4.78 is 0. The molecular formula is C39H58N8O8. The van der Waals surface area contributed by atoms with Crippen molar-refractivity contribution in [2.75, 3.05) is 19.7 Å². The van der Waals surface area contributed by atoms with Gasteiger partial charge in [0.1, 0.15) is 36.3 Å². The van der Waals surface area contributed by atoms with Gasteiger partial charge in [-0.25, -0.2) is 0 Å². The highest BCUT2D eigenvalue weighted by atomic mass is 16.3. The molecule has 2 aromatic rings. The van der Waals surface area contributed by atoms with E-state index >= 15 is 0 Å². The van der Waals surface area contributed by atoms with Crippen LogP contribution in [0.5, 0.6) is 0 Å². The largest absolute Gasteiger partial charge is 0.394 e. The molecule has 1 aromatic heterocycles. The van der Waals surface area contributed by atoms with Gasteiger partial charge < -0.3 is 46.9 Å². The van der Waals surface area contributed by atoms with Crippen LogP contribution >= 0.6 is 0 Å². The summed E-state index contributed by atoms with van der Waals surface area (Å²) >= 11 is 0. The number of para-hydroxylation sites is 1. The summed E-state index contributed by atoms with van der Waals surface area (Å²) in [5.41, 5.74) is 1.56. The van der Waals surface area contributed by atoms with Crippen LogP contribution in [0.3, 0.4) is 0 Å². The molecule has 55 heavy (non-hydrogen) atoms. The number of aromatic nitrogens is 1. The Morgan fingerprint density at radius 1 is 0.673 bits per heavy atom. The van der Waals surface area contributed by atoms with Gasteiger partial charge in [0.05, 0.1) is 13.2 Å². The average Bonchev–Trinajstić information content (AvgIpc) is 3.78. The molecule has 2 aliphatic heterocycles. The average molecular weight is 767 g/mol. The monoisotopic (exact) mass is 766 g/mol. The number of nitrogens with one attached hydrogen (secondary N) is 7. The molecule has 302 valence electrons. The number of hydrogen-bond acceptors (Lipinski definition) is 8. The van der Waals surface area contributed by atoms with E-state index in [4.69, 9.17) is 0 Å². The number of rotatable bonds is 9. The van der Waals surface area contributed by atoms with Gasteiger partial charge in [-0.2, -0.15) is 0 Å². The molecule has 16 heteroatoms. The first-order valence-corrected chi connectivity index (χ1v) is 19.3. The van der Waals surface area contributed by atoms with Gasteiger partial charge in [-0.1, -0.05) is 59.7 Å². The van der Waals surface area contributed by atoms with E-state index in [9.17, 15) is 38.7 Å². The zero-order valence-corrected chi connectivity index (χ0v) is 32.7. The molecule has 0 aliphatic carbocycles. The van der Waals surface area contributed by atoms with Crippen LogP contribution in [0.4, 0.5) is 0 Å². The van der Waals surface area contributed by atoms with E-state index in [-0.39, 0.29) is 56.4 Å². The van der Waals surface area contributed by atoms with E-state index in [1.165, 1.54) is 4.90 Å².